The Labute approximate surface area is 134 Å². The van der Waals surface area contributed by atoms with Gasteiger partial charge in [-0.2, -0.15) is 0 Å². The zero-order valence-electron chi connectivity index (χ0n) is 13.4. The van der Waals surface area contributed by atoms with Crippen LogP contribution < -0.4 is 5.32 Å². The number of hydrogen-bond donors (Lipinski definition) is 2. The van der Waals surface area contributed by atoms with Gasteiger partial charge in [-0.25, -0.2) is 4.39 Å². The van der Waals surface area contributed by atoms with Gasteiger partial charge in [0, 0.05) is 33.3 Å². The Morgan fingerprint density at radius 1 is 1.09 bits per heavy atom. The highest BCUT2D eigenvalue weighted by atomic mass is 19.1. The Morgan fingerprint density at radius 2 is 1.87 bits per heavy atom. The number of amides is 1. The average molecular weight is 310 g/mol. The van der Waals surface area contributed by atoms with Crippen molar-refractivity contribution in [3.05, 3.63) is 65.6 Å². The lowest BCUT2D eigenvalue weighted by Crippen LogP contribution is -2.11. The molecular formula is C19H19FN2O. The van der Waals surface area contributed by atoms with Crippen LogP contribution in [0.2, 0.25) is 0 Å². The molecule has 1 aromatic heterocycles. The number of rotatable bonds is 2. The van der Waals surface area contributed by atoms with E-state index in [1.165, 1.54) is 18.2 Å². The molecule has 0 saturated heterocycles. The van der Waals surface area contributed by atoms with Gasteiger partial charge in [0.05, 0.1) is 0 Å². The largest absolute Gasteiger partial charge is 0.358 e. The predicted molar refractivity (Wildman–Crippen MR) is 91.4 cm³/mol. The van der Waals surface area contributed by atoms with E-state index < -0.39 is 5.82 Å². The SMILES string of the molecule is CC(C)(C)c1cc2cc(NC(=O)c3cccc(F)c3)ccc2[nH]1. The molecule has 118 valence electrons. The molecule has 0 saturated carbocycles. The first-order valence-corrected chi connectivity index (χ1v) is 7.53. The van der Waals surface area contributed by atoms with Crippen LogP contribution in [0.5, 0.6) is 0 Å². The highest BCUT2D eigenvalue weighted by Crippen LogP contribution is 2.27. The van der Waals surface area contributed by atoms with Crippen LogP contribution in [-0.4, -0.2) is 10.9 Å². The summed E-state index contributed by atoms with van der Waals surface area (Å²) in [7, 11) is 0. The van der Waals surface area contributed by atoms with E-state index in [1.807, 2.05) is 18.2 Å². The van der Waals surface area contributed by atoms with Crippen molar-refractivity contribution in [1.29, 1.82) is 0 Å². The van der Waals surface area contributed by atoms with E-state index >= 15 is 0 Å². The number of anilines is 1. The van der Waals surface area contributed by atoms with Gasteiger partial charge < -0.3 is 10.3 Å². The first-order chi connectivity index (χ1) is 10.8. The van der Waals surface area contributed by atoms with Gasteiger partial charge in [0.15, 0.2) is 0 Å². The summed E-state index contributed by atoms with van der Waals surface area (Å²) in [6.07, 6.45) is 0. The Balaban J connectivity index is 1.87. The Kier molecular flexibility index (Phi) is 3.68. The monoisotopic (exact) mass is 310 g/mol. The second-order valence-corrected chi connectivity index (χ2v) is 6.70. The molecule has 0 fully saturated rings. The zero-order chi connectivity index (χ0) is 16.6. The summed E-state index contributed by atoms with van der Waals surface area (Å²) in [6.45, 7) is 6.43. The summed E-state index contributed by atoms with van der Waals surface area (Å²) in [5, 5.41) is 3.84. The van der Waals surface area contributed by atoms with Crippen molar-refractivity contribution in [1.82, 2.24) is 4.98 Å². The third kappa shape index (κ3) is 3.26. The van der Waals surface area contributed by atoms with Crippen molar-refractivity contribution in [3.63, 3.8) is 0 Å². The number of aromatic nitrogens is 1. The van der Waals surface area contributed by atoms with Gasteiger partial charge in [-0.3, -0.25) is 4.79 Å². The van der Waals surface area contributed by atoms with E-state index in [1.54, 1.807) is 6.07 Å². The fourth-order valence-electron chi connectivity index (χ4n) is 2.45. The van der Waals surface area contributed by atoms with Crippen LogP contribution in [0.25, 0.3) is 10.9 Å². The van der Waals surface area contributed by atoms with E-state index in [0.29, 0.717) is 11.3 Å². The Bertz CT molecular complexity index is 874. The van der Waals surface area contributed by atoms with Crippen molar-refractivity contribution in [2.75, 3.05) is 5.32 Å². The minimum atomic E-state index is -0.423. The Morgan fingerprint density at radius 3 is 2.57 bits per heavy atom. The predicted octanol–water partition coefficient (Wildman–Crippen LogP) is 4.86. The van der Waals surface area contributed by atoms with Crippen molar-refractivity contribution in [2.24, 2.45) is 0 Å². The maximum Gasteiger partial charge on any atom is 0.255 e. The van der Waals surface area contributed by atoms with Gasteiger partial charge in [0.2, 0.25) is 0 Å². The number of benzene rings is 2. The molecule has 2 aromatic carbocycles. The third-order valence-electron chi connectivity index (χ3n) is 3.77. The van der Waals surface area contributed by atoms with Crippen LogP contribution in [0.4, 0.5) is 10.1 Å². The van der Waals surface area contributed by atoms with Crippen molar-refractivity contribution in [3.8, 4) is 0 Å². The van der Waals surface area contributed by atoms with Gasteiger partial charge in [-0.15, -0.1) is 0 Å². The lowest BCUT2D eigenvalue weighted by Gasteiger charge is -2.15. The second-order valence-electron chi connectivity index (χ2n) is 6.70. The first-order valence-electron chi connectivity index (χ1n) is 7.53. The van der Waals surface area contributed by atoms with E-state index in [-0.39, 0.29) is 11.3 Å². The van der Waals surface area contributed by atoms with E-state index in [9.17, 15) is 9.18 Å². The standard InChI is InChI=1S/C19H19FN2O/c1-19(2,3)17-11-13-10-15(7-8-16(13)22-17)21-18(23)12-5-4-6-14(20)9-12/h4-11,22H,1-3H3,(H,21,23). The normalized spacial score (nSPS) is 11.7. The molecule has 0 bridgehead atoms. The number of hydrogen-bond acceptors (Lipinski definition) is 1. The van der Waals surface area contributed by atoms with Crippen LogP contribution in [0, 0.1) is 5.82 Å². The van der Waals surface area contributed by atoms with Gasteiger partial charge in [0.1, 0.15) is 5.82 Å². The second kappa shape index (κ2) is 5.54. The summed E-state index contributed by atoms with van der Waals surface area (Å²) >= 11 is 0. The molecule has 4 heteroatoms. The number of carbonyl (C=O) groups excluding carboxylic acids is 1. The molecule has 3 rings (SSSR count). The van der Waals surface area contributed by atoms with Gasteiger partial charge in [-0.1, -0.05) is 26.8 Å². The molecule has 0 atom stereocenters. The van der Waals surface area contributed by atoms with Crippen LogP contribution >= 0.6 is 0 Å². The van der Waals surface area contributed by atoms with Gasteiger partial charge in [-0.05, 0) is 42.5 Å². The molecule has 1 amide bonds. The quantitative estimate of drug-likeness (QED) is 0.698. The number of H-pyrrole nitrogens is 1. The van der Waals surface area contributed by atoms with Crippen LogP contribution in [-0.2, 0) is 5.41 Å². The highest BCUT2D eigenvalue weighted by molar-refractivity contribution is 6.05. The molecule has 3 aromatic rings. The maximum absolute atomic E-state index is 13.2. The van der Waals surface area contributed by atoms with E-state index in [2.05, 4.69) is 37.1 Å². The van der Waals surface area contributed by atoms with E-state index in [4.69, 9.17) is 0 Å². The van der Waals surface area contributed by atoms with Crippen molar-refractivity contribution >= 4 is 22.5 Å². The molecule has 0 spiro atoms. The van der Waals surface area contributed by atoms with E-state index in [0.717, 1.165) is 16.6 Å². The fourth-order valence-corrected chi connectivity index (χ4v) is 2.45. The summed E-state index contributed by atoms with van der Waals surface area (Å²) in [4.78, 5) is 15.6. The molecule has 0 aliphatic heterocycles. The number of fused-ring (bicyclic) bond motifs is 1. The molecule has 2 N–H and O–H groups in total. The molecule has 23 heavy (non-hydrogen) atoms. The summed E-state index contributed by atoms with van der Waals surface area (Å²) in [6, 6.07) is 13.4. The lowest BCUT2D eigenvalue weighted by molar-refractivity contribution is 0.102. The highest BCUT2D eigenvalue weighted by Gasteiger charge is 2.16. The van der Waals surface area contributed by atoms with Crippen LogP contribution in [0.1, 0.15) is 36.8 Å². The fraction of sp³-hybridized carbons (Fsp3) is 0.211. The lowest BCUT2D eigenvalue weighted by atomic mass is 9.92. The summed E-state index contributed by atoms with van der Waals surface area (Å²) < 4.78 is 13.2. The van der Waals surface area contributed by atoms with Crippen LogP contribution in [0.3, 0.4) is 0 Å². The molecule has 0 aliphatic rings. The molecule has 1 heterocycles. The maximum atomic E-state index is 13.2. The number of carbonyl (C=O) groups is 1. The van der Waals surface area contributed by atoms with Crippen molar-refractivity contribution in [2.45, 2.75) is 26.2 Å². The number of halogens is 1. The molecular weight excluding hydrogens is 291 g/mol. The molecule has 0 unspecified atom stereocenters. The Hall–Kier alpha value is -2.62. The molecule has 3 nitrogen and oxygen atoms in total. The van der Waals surface area contributed by atoms with Crippen molar-refractivity contribution < 1.29 is 9.18 Å². The number of aromatic amines is 1. The first kappa shape index (κ1) is 15.3. The molecule has 0 radical (unpaired) electrons. The summed E-state index contributed by atoms with van der Waals surface area (Å²) in [5.74, 6) is -0.746. The zero-order valence-corrected chi connectivity index (χ0v) is 13.4. The molecule has 0 aliphatic carbocycles. The average Bonchev–Trinajstić information content (AvgIpc) is 2.90. The smallest absolute Gasteiger partial charge is 0.255 e. The van der Waals surface area contributed by atoms with Crippen LogP contribution in [0.15, 0.2) is 48.5 Å². The minimum absolute atomic E-state index is 0.0317. The summed E-state index contributed by atoms with van der Waals surface area (Å²) in [5.41, 5.74) is 3.19. The minimum Gasteiger partial charge on any atom is -0.358 e. The topological polar surface area (TPSA) is 44.9 Å². The number of nitrogens with one attached hydrogen (secondary N) is 2. The van der Waals surface area contributed by atoms with Gasteiger partial charge >= 0.3 is 0 Å². The third-order valence-corrected chi connectivity index (χ3v) is 3.77. The van der Waals surface area contributed by atoms with Gasteiger partial charge in [0.25, 0.3) is 5.91 Å².